The van der Waals surface area contributed by atoms with Crippen molar-refractivity contribution in [3.63, 3.8) is 0 Å². The van der Waals surface area contributed by atoms with Gasteiger partial charge in [0, 0.05) is 12.8 Å². The van der Waals surface area contributed by atoms with Crippen LogP contribution in [0, 0.1) is 0 Å². The number of ether oxygens (including phenoxy) is 1. The normalized spacial score (nSPS) is 17.8. The average molecular weight is 251 g/mol. The summed E-state index contributed by atoms with van der Waals surface area (Å²) in [5.74, 6) is -0.612. The van der Waals surface area contributed by atoms with Crippen molar-refractivity contribution < 1.29 is 14.6 Å². The molecule has 0 radical (unpaired) electrons. The Morgan fingerprint density at radius 2 is 2.22 bits per heavy atom. The van der Waals surface area contributed by atoms with Crippen molar-refractivity contribution in [2.45, 2.75) is 38.2 Å². The van der Waals surface area contributed by atoms with E-state index >= 15 is 0 Å². The third-order valence-corrected chi connectivity index (χ3v) is 3.29. The fraction of sp³-hybridized carbons (Fsp3) is 0.583. The summed E-state index contributed by atoms with van der Waals surface area (Å²) in [6.07, 6.45) is 5.09. The van der Waals surface area contributed by atoms with Gasteiger partial charge in [0.1, 0.15) is 17.0 Å². The van der Waals surface area contributed by atoms with Crippen LogP contribution in [0.2, 0.25) is 0 Å². The SMILES string of the molecule is CCOC1(c2ncc(C(=O)O)c(N)n2)CCCC1. The highest BCUT2D eigenvalue weighted by atomic mass is 16.5. The van der Waals surface area contributed by atoms with Gasteiger partial charge in [-0.1, -0.05) is 0 Å². The summed E-state index contributed by atoms with van der Waals surface area (Å²) in [6.45, 7) is 2.50. The van der Waals surface area contributed by atoms with Crippen LogP contribution >= 0.6 is 0 Å². The zero-order chi connectivity index (χ0) is 13.2. The summed E-state index contributed by atoms with van der Waals surface area (Å²) in [4.78, 5) is 19.1. The van der Waals surface area contributed by atoms with Crippen LogP contribution < -0.4 is 5.73 Å². The largest absolute Gasteiger partial charge is 0.477 e. The van der Waals surface area contributed by atoms with Crippen LogP contribution in [0.15, 0.2) is 6.20 Å². The van der Waals surface area contributed by atoms with Crippen LogP contribution in [0.25, 0.3) is 0 Å². The van der Waals surface area contributed by atoms with Gasteiger partial charge in [-0.2, -0.15) is 0 Å². The predicted octanol–water partition coefficient (Wildman–Crippen LogP) is 1.56. The molecule has 1 aromatic heterocycles. The number of aromatic carboxylic acids is 1. The van der Waals surface area contributed by atoms with E-state index < -0.39 is 11.6 Å². The maximum Gasteiger partial charge on any atom is 0.341 e. The van der Waals surface area contributed by atoms with Crippen LogP contribution in [0.1, 0.15) is 48.8 Å². The number of aromatic nitrogens is 2. The minimum atomic E-state index is -1.11. The summed E-state index contributed by atoms with van der Waals surface area (Å²) >= 11 is 0. The van der Waals surface area contributed by atoms with E-state index in [1.807, 2.05) is 6.92 Å². The van der Waals surface area contributed by atoms with Gasteiger partial charge in [-0.25, -0.2) is 14.8 Å². The van der Waals surface area contributed by atoms with Crippen LogP contribution in [0.5, 0.6) is 0 Å². The first-order chi connectivity index (χ1) is 8.59. The molecular formula is C12H17N3O3. The van der Waals surface area contributed by atoms with Gasteiger partial charge in [-0.15, -0.1) is 0 Å². The van der Waals surface area contributed by atoms with Crippen molar-refractivity contribution in [3.8, 4) is 0 Å². The number of nitrogens with zero attached hydrogens (tertiary/aromatic N) is 2. The van der Waals surface area contributed by atoms with Gasteiger partial charge in [0.15, 0.2) is 5.82 Å². The summed E-state index contributed by atoms with van der Waals surface area (Å²) in [5, 5.41) is 8.90. The van der Waals surface area contributed by atoms with E-state index in [-0.39, 0.29) is 11.4 Å². The topological polar surface area (TPSA) is 98.3 Å². The quantitative estimate of drug-likeness (QED) is 0.842. The molecule has 0 aliphatic heterocycles. The molecule has 0 saturated heterocycles. The average Bonchev–Trinajstić information content (AvgIpc) is 2.78. The first-order valence-corrected chi connectivity index (χ1v) is 6.09. The molecule has 1 aromatic rings. The molecule has 98 valence electrons. The molecule has 0 bridgehead atoms. The number of carboxylic acids is 1. The van der Waals surface area contributed by atoms with Crippen molar-refractivity contribution in [2.75, 3.05) is 12.3 Å². The predicted molar refractivity (Wildman–Crippen MR) is 65.2 cm³/mol. The number of rotatable bonds is 4. The van der Waals surface area contributed by atoms with Crippen LogP contribution in [-0.2, 0) is 10.3 Å². The van der Waals surface area contributed by atoms with Crippen LogP contribution in [0.4, 0.5) is 5.82 Å². The number of anilines is 1. The lowest BCUT2D eigenvalue weighted by Crippen LogP contribution is -2.29. The number of nitrogens with two attached hydrogens (primary N) is 1. The maximum atomic E-state index is 10.9. The highest BCUT2D eigenvalue weighted by molar-refractivity contribution is 5.92. The molecule has 1 saturated carbocycles. The van der Waals surface area contributed by atoms with Gasteiger partial charge in [0.2, 0.25) is 0 Å². The van der Waals surface area contributed by atoms with Crippen molar-refractivity contribution >= 4 is 11.8 Å². The lowest BCUT2D eigenvalue weighted by Gasteiger charge is -2.27. The smallest absolute Gasteiger partial charge is 0.341 e. The van der Waals surface area contributed by atoms with Crippen molar-refractivity contribution in [3.05, 3.63) is 17.6 Å². The van der Waals surface area contributed by atoms with E-state index in [0.717, 1.165) is 25.7 Å². The lowest BCUT2D eigenvalue weighted by molar-refractivity contribution is -0.0456. The zero-order valence-electron chi connectivity index (χ0n) is 10.3. The zero-order valence-corrected chi connectivity index (χ0v) is 10.3. The summed E-state index contributed by atoms with van der Waals surface area (Å²) < 4.78 is 5.80. The number of nitrogen functional groups attached to an aromatic ring is 1. The molecule has 3 N–H and O–H groups in total. The van der Waals surface area contributed by atoms with E-state index in [4.69, 9.17) is 15.6 Å². The van der Waals surface area contributed by atoms with Gasteiger partial charge in [0.25, 0.3) is 0 Å². The third-order valence-electron chi connectivity index (χ3n) is 3.29. The van der Waals surface area contributed by atoms with Crippen molar-refractivity contribution in [1.29, 1.82) is 0 Å². The molecule has 1 aliphatic carbocycles. The minimum absolute atomic E-state index is 0.00141. The standard InChI is InChI=1S/C12H17N3O3/c1-2-18-12(5-3-4-6-12)11-14-7-8(10(16)17)9(13)15-11/h7H,2-6H2,1H3,(H,16,17)(H2,13,14,15). The second kappa shape index (κ2) is 4.89. The molecule has 0 atom stereocenters. The molecule has 18 heavy (non-hydrogen) atoms. The number of hydrogen-bond acceptors (Lipinski definition) is 5. The van der Waals surface area contributed by atoms with Crippen molar-refractivity contribution in [2.24, 2.45) is 0 Å². The molecule has 0 unspecified atom stereocenters. The highest BCUT2D eigenvalue weighted by Crippen LogP contribution is 2.40. The van der Waals surface area contributed by atoms with E-state index in [0.29, 0.717) is 12.4 Å². The van der Waals surface area contributed by atoms with Gasteiger partial charge < -0.3 is 15.6 Å². The van der Waals surface area contributed by atoms with E-state index in [9.17, 15) is 4.79 Å². The second-order valence-electron chi connectivity index (χ2n) is 4.43. The maximum absolute atomic E-state index is 10.9. The Morgan fingerprint density at radius 1 is 1.56 bits per heavy atom. The van der Waals surface area contributed by atoms with Crippen molar-refractivity contribution in [1.82, 2.24) is 9.97 Å². The molecule has 6 heteroatoms. The van der Waals surface area contributed by atoms with Gasteiger partial charge in [-0.3, -0.25) is 0 Å². The summed E-state index contributed by atoms with van der Waals surface area (Å²) in [5.41, 5.74) is 5.10. The summed E-state index contributed by atoms with van der Waals surface area (Å²) in [7, 11) is 0. The Balaban J connectivity index is 2.37. The Morgan fingerprint density at radius 3 is 2.72 bits per heavy atom. The Labute approximate surface area is 105 Å². The Hall–Kier alpha value is -1.69. The van der Waals surface area contributed by atoms with E-state index in [2.05, 4.69) is 9.97 Å². The van der Waals surface area contributed by atoms with E-state index in [1.165, 1.54) is 6.20 Å². The lowest BCUT2D eigenvalue weighted by atomic mass is 10.0. The molecule has 6 nitrogen and oxygen atoms in total. The number of hydrogen-bond donors (Lipinski definition) is 2. The summed E-state index contributed by atoms with van der Waals surface area (Å²) in [6, 6.07) is 0. The van der Waals surface area contributed by atoms with E-state index in [1.54, 1.807) is 0 Å². The van der Waals surface area contributed by atoms with Crippen LogP contribution in [-0.4, -0.2) is 27.7 Å². The molecule has 0 aromatic carbocycles. The molecule has 1 fully saturated rings. The van der Waals surface area contributed by atoms with Gasteiger partial charge in [0.05, 0.1) is 0 Å². The van der Waals surface area contributed by atoms with Gasteiger partial charge in [-0.05, 0) is 32.6 Å². The minimum Gasteiger partial charge on any atom is -0.477 e. The third kappa shape index (κ3) is 2.15. The fourth-order valence-corrected chi connectivity index (χ4v) is 2.43. The Bertz CT molecular complexity index is 456. The molecule has 1 aliphatic rings. The number of carboxylic acid groups (broad SMARTS) is 1. The fourth-order valence-electron chi connectivity index (χ4n) is 2.43. The monoisotopic (exact) mass is 251 g/mol. The molecular weight excluding hydrogens is 234 g/mol. The first-order valence-electron chi connectivity index (χ1n) is 6.09. The number of carbonyl (C=O) groups is 1. The Kier molecular flexibility index (Phi) is 3.47. The van der Waals surface area contributed by atoms with Gasteiger partial charge >= 0.3 is 5.97 Å². The van der Waals surface area contributed by atoms with Crippen LogP contribution in [0.3, 0.4) is 0 Å². The first kappa shape index (κ1) is 12.8. The molecule has 2 rings (SSSR count). The molecule has 0 amide bonds. The molecule has 0 spiro atoms. The molecule has 1 heterocycles. The highest BCUT2D eigenvalue weighted by Gasteiger charge is 2.39. The second-order valence-corrected chi connectivity index (χ2v) is 4.43.